The molecule has 32 heavy (non-hydrogen) atoms. The molecule has 4 rings (SSSR count). The van der Waals surface area contributed by atoms with Crippen molar-refractivity contribution in [2.75, 3.05) is 0 Å². The molecule has 4 aliphatic rings. The second-order valence-corrected chi connectivity index (χ2v) is 10.5. The van der Waals surface area contributed by atoms with Gasteiger partial charge in [0.1, 0.15) is 0 Å². The van der Waals surface area contributed by atoms with Crippen LogP contribution in [0.1, 0.15) is 84.5 Å². The molecule has 0 unspecified atom stereocenters. The van der Waals surface area contributed by atoms with Gasteiger partial charge in [0, 0.05) is 18.3 Å². The number of carbonyl (C=O) groups excluding carboxylic acids is 2. The Labute approximate surface area is 193 Å². The summed E-state index contributed by atoms with van der Waals surface area (Å²) in [7, 11) is 0. The third kappa shape index (κ3) is 3.60. The van der Waals surface area contributed by atoms with Crippen molar-refractivity contribution in [3.8, 4) is 12.3 Å². The van der Waals surface area contributed by atoms with E-state index in [0.29, 0.717) is 30.6 Å². The van der Waals surface area contributed by atoms with Gasteiger partial charge in [0.25, 0.3) is 0 Å². The third-order valence-electron chi connectivity index (χ3n) is 8.93. The summed E-state index contributed by atoms with van der Waals surface area (Å²) in [6.07, 6.45) is 22.2. The Morgan fingerprint density at radius 3 is 2.78 bits per heavy atom. The number of carbonyl (C=O) groups is 2. The summed E-state index contributed by atoms with van der Waals surface area (Å²) in [6, 6.07) is 0. The van der Waals surface area contributed by atoms with Crippen LogP contribution < -0.4 is 0 Å². The molecule has 0 aromatic carbocycles. The molecule has 0 saturated heterocycles. The first-order chi connectivity index (χ1) is 15.4. The number of fused-ring (bicyclic) bond motifs is 5. The molecule has 0 spiro atoms. The first-order valence-corrected chi connectivity index (χ1v) is 12.7. The molecular weight excluding hydrogens is 396 g/mol. The van der Waals surface area contributed by atoms with E-state index in [1.54, 1.807) is 0 Å². The lowest BCUT2D eigenvalue weighted by molar-refractivity contribution is -0.165. The summed E-state index contributed by atoms with van der Waals surface area (Å²) in [4.78, 5) is 24.8. The van der Waals surface area contributed by atoms with Crippen molar-refractivity contribution < 1.29 is 14.3 Å². The summed E-state index contributed by atoms with van der Waals surface area (Å²) in [5.41, 5.74) is 1.27. The molecule has 4 aliphatic carbocycles. The van der Waals surface area contributed by atoms with Crippen LogP contribution in [0.2, 0.25) is 0 Å². The van der Waals surface area contributed by atoms with Gasteiger partial charge in [-0.15, -0.1) is 6.42 Å². The molecule has 6 atom stereocenters. The van der Waals surface area contributed by atoms with Gasteiger partial charge >= 0.3 is 5.97 Å². The lowest BCUT2D eigenvalue weighted by atomic mass is 9.48. The first-order valence-electron chi connectivity index (χ1n) is 12.7. The highest BCUT2D eigenvalue weighted by Crippen LogP contribution is 2.65. The zero-order valence-corrected chi connectivity index (χ0v) is 19.8. The fourth-order valence-corrected chi connectivity index (χ4v) is 7.41. The minimum absolute atomic E-state index is 0.176. The second-order valence-electron chi connectivity index (χ2n) is 10.5. The van der Waals surface area contributed by atoms with E-state index in [-0.39, 0.29) is 23.1 Å². The van der Waals surface area contributed by atoms with E-state index in [2.05, 4.69) is 32.4 Å². The van der Waals surface area contributed by atoms with Crippen molar-refractivity contribution in [3.63, 3.8) is 0 Å². The van der Waals surface area contributed by atoms with Crippen LogP contribution in [-0.4, -0.2) is 17.4 Å². The van der Waals surface area contributed by atoms with Gasteiger partial charge in [-0.1, -0.05) is 62.8 Å². The Bertz CT molecular complexity index is 887. The summed E-state index contributed by atoms with van der Waals surface area (Å²) in [6.45, 7) is 8.91. The average Bonchev–Trinajstić information content (AvgIpc) is 3.10. The Balaban J connectivity index is 1.59. The molecule has 3 nitrogen and oxygen atoms in total. The maximum absolute atomic E-state index is 12.8. The minimum Gasteiger partial charge on any atom is -0.441 e. The smallest absolute Gasteiger partial charge is 0.307 e. The van der Waals surface area contributed by atoms with Gasteiger partial charge < -0.3 is 4.74 Å². The highest BCUT2D eigenvalue weighted by atomic mass is 16.6. The number of terminal acetylenes is 1. The molecule has 0 bridgehead atoms. The van der Waals surface area contributed by atoms with Gasteiger partial charge in [0.2, 0.25) is 0 Å². The highest BCUT2D eigenvalue weighted by molar-refractivity contribution is 5.91. The number of unbranched alkanes of at least 4 members (excludes halogenated alkanes) is 3. The lowest BCUT2D eigenvalue weighted by Crippen LogP contribution is -2.56. The SMILES string of the molecule is C#C[C@]1(OC(=O)CCCCCC)C=C[C@H]2[C@@H]3CCC4=CC(=O)CC[C@@H]4[C@H]3C(=C)C[C@@]21CC. The number of ether oxygens (including phenoxy) is 1. The zero-order chi connectivity index (χ0) is 22.9. The summed E-state index contributed by atoms with van der Waals surface area (Å²) in [5, 5.41) is 0. The van der Waals surface area contributed by atoms with E-state index in [1.807, 2.05) is 12.2 Å². The van der Waals surface area contributed by atoms with E-state index in [9.17, 15) is 9.59 Å². The summed E-state index contributed by atoms with van der Waals surface area (Å²) >= 11 is 0. The monoisotopic (exact) mass is 434 g/mol. The standard InChI is InChI=1S/C29H38O3/c1-5-8-9-10-11-26(31)32-29(7-3)17-16-25-24-14-12-21-18-22(30)13-15-23(21)27(24)20(4)19-28(25,29)6-2/h3,16-18,23-25,27H,4-6,8-15,19H2,1-2H3/t23-,24-,25-,27+,28-,29-/m0/s1. The summed E-state index contributed by atoms with van der Waals surface area (Å²) in [5.74, 6) is 4.61. The summed E-state index contributed by atoms with van der Waals surface area (Å²) < 4.78 is 6.18. The Morgan fingerprint density at radius 1 is 1.25 bits per heavy atom. The van der Waals surface area contributed by atoms with Crippen molar-refractivity contribution in [3.05, 3.63) is 36.0 Å². The zero-order valence-electron chi connectivity index (χ0n) is 19.8. The van der Waals surface area contributed by atoms with Gasteiger partial charge in [-0.2, -0.15) is 0 Å². The van der Waals surface area contributed by atoms with Crippen LogP contribution in [0, 0.1) is 41.4 Å². The molecule has 0 heterocycles. The van der Waals surface area contributed by atoms with Gasteiger partial charge in [0.15, 0.2) is 11.4 Å². The predicted molar refractivity (Wildman–Crippen MR) is 128 cm³/mol. The molecule has 2 fully saturated rings. The van der Waals surface area contributed by atoms with Crippen molar-refractivity contribution in [2.45, 2.75) is 90.1 Å². The van der Waals surface area contributed by atoms with Crippen LogP contribution in [0.25, 0.3) is 0 Å². The normalized spacial score (nSPS) is 37.7. The fourth-order valence-electron chi connectivity index (χ4n) is 7.41. The fraction of sp³-hybridized carbons (Fsp3) is 0.655. The molecule has 0 N–H and O–H groups in total. The topological polar surface area (TPSA) is 43.4 Å². The van der Waals surface area contributed by atoms with Crippen LogP contribution in [0.4, 0.5) is 0 Å². The van der Waals surface area contributed by atoms with Crippen molar-refractivity contribution >= 4 is 11.8 Å². The van der Waals surface area contributed by atoms with E-state index < -0.39 is 5.60 Å². The molecule has 2 saturated carbocycles. The highest BCUT2D eigenvalue weighted by Gasteiger charge is 2.64. The van der Waals surface area contributed by atoms with Crippen LogP contribution >= 0.6 is 0 Å². The maximum atomic E-state index is 12.8. The molecular formula is C29H38O3. The Hall–Kier alpha value is -2.08. The molecule has 0 aromatic heterocycles. The van der Waals surface area contributed by atoms with E-state index in [0.717, 1.165) is 57.8 Å². The van der Waals surface area contributed by atoms with Gasteiger partial charge in [-0.3, -0.25) is 9.59 Å². The largest absolute Gasteiger partial charge is 0.441 e. The Morgan fingerprint density at radius 2 is 2.06 bits per heavy atom. The lowest BCUT2D eigenvalue weighted by Gasteiger charge is -2.57. The van der Waals surface area contributed by atoms with Crippen LogP contribution in [0.3, 0.4) is 0 Å². The van der Waals surface area contributed by atoms with Crippen LogP contribution in [0.15, 0.2) is 36.0 Å². The maximum Gasteiger partial charge on any atom is 0.307 e. The Kier molecular flexibility index (Phi) is 6.53. The molecule has 0 amide bonds. The van der Waals surface area contributed by atoms with Crippen molar-refractivity contribution in [1.82, 2.24) is 0 Å². The third-order valence-corrected chi connectivity index (χ3v) is 8.93. The van der Waals surface area contributed by atoms with E-state index in [4.69, 9.17) is 11.2 Å². The van der Waals surface area contributed by atoms with E-state index in [1.165, 1.54) is 11.1 Å². The van der Waals surface area contributed by atoms with Gasteiger partial charge in [-0.25, -0.2) is 0 Å². The minimum atomic E-state index is -0.985. The number of rotatable bonds is 7. The number of allylic oxidation sites excluding steroid dienone is 4. The molecule has 172 valence electrons. The quantitative estimate of drug-likeness (QED) is 0.203. The number of hydrogen-bond donors (Lipinski definition) is 0. The second kappa shape index (κ2) is 9.05. The van der Waals surface area contributed by atoms with Gasteiger partial charge in [0.05, 0.1) is 0 Å². The van der Waals surface area contributed by atoms with Gasteiger partial charge in [-0.05, 0) is 74.3 Å². The van der Waals surface area contributed by atoms with Crippen molar-refractivity contribution in [1.29, 1.82) is 0 Å². The molecule has 3 heteroatoms. The molecule has 0 radical (unpaired) electrons. The number of esters is 1. The van der Waals surface area contributed by atoms with Crippen molar-refractivity contribution in [2.24, 2.45) is 29.1 Å². The number of ketones is 1. The molecule has 0 aromatic rings. The predicted octanol–water partition coefficient (Wildman–Crippen LogP) is 6.35. The van der Waals surface area contributed by atoms with Crippen LogP contribution in [-0.2, 0) is 14.3 Å². The molecule has 0 aliphatic heterocycles. The number of hydrogen-bond acceptors (Lipinski definition) is 3. The van der Waals surface area contributed by atoms with E-state index >= 15 is 0 Å². The first kappa shape index (κ1) is 23.1. The van der Waals surface area contributed by atoms with Crippen LogP contribution in [0.5, 0.6) is 0 Å². The average molecular weight is 435 g/mol.